The van der Waals surface area contributed by atoms with Crippen LogP contribution in [0, 0.1) is 5.92 Å². The molecule has 1 aliphatic carbocycles. The molecule has 1 amide bonds. The second-order valence-corrected chi connectivity index (χ2v) is 9.26. The SMILES string of the molecule is COc1cccc(-c2nccc3[nH]c(-c4n[nH]c5ccc(-c6cncc(NC(=O)C7CC7)c6)nc45)nc23)c1. The Kier molecular flexibility index (Phi) is 5.10. The first-order valence-corrected chi connectivity index (χ1v) is 12.3. The topological polar surface area (TPSA) is 134 Å². The first-order valence-electron chi connectivity index (χ1n) is 12.3. The van der Waals surface area contributed by atoms with E-state index in [1.807, 2.05) is 48.5 Å². The number of methoxy groups -OCH3 is 1. The molecule has 0 bridgehead atoms. The number of anilines is 1. The molecule has 38 heavy (non-hydrogen) atoms. The number of benzene rings is 1. The number of carbonyl (C=O) groups excluding carboxylic acids is 1. The summed E-state index contributed by atoms with van der Waals surface area (Å²) in [6.45, 7) is 0. The zero-order chi connectivity index (χ0) is 25.6. The lowest BCUT2D eigenvalue weighted by Gasteiger charge is -2.06. The number of hydrogen-bond donors (Lipinski definition) is 3. The van der Waals surface area contributed by atoms with Gasteiger partial charge in [-0.2, -0.15) is 5.10 Å². The van der Waals surface area contributed by atoms with Gasteiger partial charge in [-0.1, -0.05) is 12.1 Å². The van der Waals surface area contributed by atoms with Crippen LogP contribution < -0.4 is 10.1 Å². The van der Waals surface area contributed by atoms with E-state index in [0.717, 1.165) is 52.0 Å². The maximum absolute atomic E-state index is 12.2. The van der Waals surface area contributed by atoms with Crippen molar-refractivity contribution < 1.29 is 9.53 Å². The van der Waals surface area contributed by atoms with Crippen LogP contribution in [0.1, 0.15) is 12.8 Å². The zero-order valence-electron chi connectivity index (χ0n) is 20.4. The molecule has 3 N–H and O–H groups in total. The Bertz CT molecular complexity index is 1840. The number of carbonyl (C=O) groups is 1. The Labute approximate surface area is 216 Å². The number of amides is 1. The summed E-state index contributed by atoms with van der Waals surface area (Å²) in [5, 5.41) is 10.5. The van der Waals surface area contributed by atoms with Gasteiger partial charge in [-0.05, 0) is 49.2 Å². The molecule has 186 valence electrons. The van der Waals surface area contributed by atoms with Crippen LogP contribution in [0.2, 0.25) is 0 Å². The monoisotopic (exact) mass is 502 g/mol. The molecule has 5 heterocycles. The molecule has 1 saturated carbocycles. The summed E-state index contributed by atoms with van der Waals surface area (Å²) >= 11 is 0. The molecule has 0 radical (unpaired) electrons. The lowest BCUT2D eigenvalue weighted by atomic mass is 10.1. The minimum absolute atomic E-state index is 0.0390. The molecule has 7 rings (SSSR count). The summed E-state index contributed by atoms with van der Waals surface area (Å²) in [5.74, 6) is 1.48. The van der Waals surface area contributed by atoms with Crippen molar-refractivity contribution in [2.45, 2.75) is 12.8 Å². The fraction of sp³-hybridized carbons (Fsp3) is 0.143. The van der Waals surface area contributed by atoms with E-state index < -0.39 is 0 Å². The van der Waals surface area contributed by atoms with Crippen LogP contribution in [0.25, 0.3) is 56.1 Å². The molecule has 10 heteroatoms. The largest absolute Gasteiger partial charge is 0.497 e. The van der Waals surface area contributed by atoms with Gasteiger partial charge < -0.3 is 15.0 Å². The van der Waals surface area contributed by atoms with E-state index in [2.05, 4.69) is 30.5 Å². The van der Waals surface area contributed by atoms with Crippen LogP contribution in [0.3, 0.4) is 0 Å². The number of aromatic amines is 2. The van der Waals surface area contributed by atoms with Crippen LogP contribution >= 0.6 is 0 Å². The summed E-state index contributed by atoms with van der Waals surface area (Å²) in [7, 11) is 1.64. The second kappa shape index (κ2) is 8.77. The summed E-state index contributed by atoms with van der Waals surface area (Å²) in [6.07, 6.45) is 7.01. The van der Waals surface area contributed by atoms with Crippen LogP contribution in [0.5, 0.6) is 5.75 Å². The van der Waals surface area contributed by atoms with E-state index in [1.165, 1.54) is 0 Å². The molecule has 0 unspecified atom stereocenters. The number of nitrogens with zero attached hydrogens (tertiary/aromatic N) is 5. The number of pyridine rings is 3. The van der Waals surface area contributed by atoms with Crippen molar-refractivity contribution in [3.8, 4) is 39.8 Å². The highest BCUT2D eigenvalue weighted by atomic mass is 16.5. The minimum atomic E-state index is 0.0390. The molecule has 0 saturated heterocycles. The Morgan fingerprint density at radius 3 is 2.74 bits per heavy atom. The molecular weight excluding hydrogens is 480 g/mol. The fourth-order valence-corrected chi connectivity index (χ4v) is 4.49. The average Bonchev–Trinajstić information content (AvgIpc) is 3.59. The predicted molar refractivity (Wildman–Crippen MR) is 143 cm³/mol. The molecule has 1 aromatic carbocycles. The van der Waals surface area contributed by atoms with Crippen molar-refractivity contribution in [1.29, 1.82) is 0 Å². The first kappa shape index (κ1) is 22.1. The molecule has 0 aliphatic heterocycles. The number of rotatable bonds is 6. The van der Waals surface area contributed by atoms with E-state index in [-0.39, 0.29) is 11.8 Å². The van der Waals surface area contributed by atoms with Crippen LogP contribution in [0.15, 0.2) is 67.1 Å². The molecule has 10 nitrogen and oxygen atoms in total. The summed E-state index contributed by atoms with van der Waals surface area (Å²) in [6, 6.07) is 15.3. The van der Waals surface area contributed by atoms with E-state index >= 15 is 0 Å². The van der Waals surface area contributed by atoms with Crippen molar-refractivity contribution in [3.63, 3.8) is 0 Å². The molecule has 1 aliphatic rings. The quantitative estimate of drug-likeness (QED) is 0.292. The number of imidazole rings is 1. The van der Waals surface area contributed by atoms with Crippen molar-refractivity contribution in [3.05, 3.63) is 67.1 Å². The Morgan fingerprint density at radius 1 is 0.974 bits per heavy atom. The van der Waals surface area contributed by atoms with Crippen molar-refractivity contribution >= 4 is 33.7 Å². The third-order valence-corrected chi connectivity index (χ3v) is 6.63. The summed E-state index contributed by atoms with van der Waals surface area (Å²) in [4.78, 5) is 34.2. The molecule has 6 aromatic rings. The van der Waals surface area contributed by atoms with Gasteiger partial charge >= 0.3 is 0 Å². The third kappa shape index (κ3) is 3.92. The van der Waals surface area contributed by atoms with Crippen molar-refractivity contribution in [1.82, 2.24) is 35.1 Å². The molecule has 0 atom stereocenters. The average molecular weight is 503 g/mol. The van der Waals surface area contributed by atoms with Gasteiger partial charge in [-0.25, -0.2) is 9.97 Å². The van der Waals surface area contributed by atoms with Gasteiger partial charge in [0.05, 0.1) is 41.4 Å². The Morgan fingerprint density at radius 2 is 1.87 bits per heavy atom. The van der Waals surface area contributed by atoms with E-state index in [1.54, 1.807) is 25.7 Å². The van der Waals surface area contributed by atoms with Gasteiger partial charge in [0, 0.05) is 29.4 Å². The molecule has 1 fully saturated rings. The van der Waals surface area contributed by atoms with Gasteiger partial charge in [-0.15, -0.1) is 0 Å². The summed E-state index contributed by atoms with van der Waals surface area (Å²) < 4.78 is 5.38. The van der Waals surface area contributed by atoms with Gasteiger partial charge in [0.1, 0.15) is 16.8 Å². The Balaban J connectivity index is 1.28. The summed E-state index contributed by atoms with van der Waals surface area (Å²) in [5.41, 5.74) is 7.42. The fourth-order valence-electron chi connectivity index (χ4n) is 4.49. The standard InChI is InChI=1S/C28H22N8O2/c1-38-19-4-2-3-16(12-19)23-24-21(9-10-30-23)33-27(34-24)26-25-22(35-36-26)8-7-20(32-25)17-11-18(14-29-13-17)31-28(37)15-5-6-15/h2-4,7-15H,5-6H2,1H3,(H,31,37)(H,33,34)(H,35,36). The number of hydrogen-bond acceptors (Lipinski definition) is 7. The smallest absolute Gasteiger partial charge is 0.227 e. The van der Waals surface area contributed by atoms with Gasteiger partial charge in [-0.3, -0.25) is 19.9 Å². The number of nitrogens with one attached hydrogen (secondary N) is 3. The maximum atomic E-state index is 12.2. The molecular formula is C28H22N8O2. The predicted octanol–water partition coefficient (Wildman–Crippen LogP) is 4.98. The molecule has 0 spiro atoms. The minimum Gasteiger partial charge on any atom is -0.497 e. The van der Waals surface area contributed by atoms with Crippen molar-refractivity contribution in [2.24, 2.45) is 5.92 Å². The number of ether oxygens (including phenoxy) is 1. The van der Waals surface area contributed by atoms with Gasteiger partial charge in [0.15, 0.2) is 11.5 Å². The normalized spacial score (nSPS) is 13.2. The lowest BCUT2D eigenvalue weighted by molar-refractivity contribution is -0.117. The molecule has 5 aromatic heterocycles. The second-order valence-electron chi connectivity index (χ2n) is 9.26. The van der Waals surface area contributed by atoms with Crippen LogP contribution in [-0.4, -0.2) is 48.1 Å². The zero-order valence-corrected chi connectivity index (χ0v) is 20.4. The maximum Gasteiger partial charge on any atom is 0.227 e. The van der Waals surface area contributed by atoms with Gasteiger partial charge in [0.2, 0.25) is 5.91 Å². The van der Waals surface area contributed by atoms with E-state index in [0.29, 0.717) is 28.4 Å². The van der Waals surface area contributed by atoms with E-state index in [4.69, 9.17) is 14.7 Å². The third-order valence-electron chi connectivity index (χ3n) is 6.63. The van der Waals surface area contributed by atoms with Crippen molar-refractivity contribution in [2.75, 3.05) is 12.4 Å². The highest BCUT2D eigenvalue weighted by molar-refractivity contribution is 5.96. The van der Waals surface area contributed by atoms with Gasteiger partial charge in [0.25, 0.3) is 0 Å². The number of fused-ring (bicyclic) bond motifs is 2. The Hall–Kier alpha value is -5.12. The lowest BCUT2D eigenvalue weighted by Crippen LogP contribution is -2.13. The highest BCUT2D eigenvalue weighted by Gasteiger charge is 2.29. The highest BCUT2D eigenvalue weighted by Crippen LogP contribution is 2.33. The number of H-pyrrole nitrogens is 2. The van der Waals surface area contributed by atoms with E-state index in [9.17, 15) is 4.79 Å². The van der Waals surface area contributed by atoms with Crippen LogP contribution in [0.4, 0.5) is 5.69 Å². The first-order chi connectivity index (χ1) is 18.7. The number of aromatic nitrogens is 7. The van der Waals surface area contributed by atoms with Crippen LogP contribution in [-0.2, 0) is 4.79 Å².